The Morgan fingerprint density at radius 1 is 1.06 bits per heavy atom. The van der Waals surface area contributed by atoms with Gasteiger partial charge in [0.1, 0.15) is 0 Å². The molecular weight excluding hydrogens is 459 g/mol. The molecule has 166 valence electrons. The monoisotopic (exact) mass is 476 g/mol. The minimum atomic E-state index is -0.784. The second-order valence-electron chi connectivity index (χ2n) is 7.32. The molecule has 3 amide bonds. The fourth-order valence-corrected chi connectivity index (χ4v) is 3.82. The molecule has 2 aliphatic rings. The molecule has 2 aromatic carbocycles. The zero-order valence-electron chi connectivity index (χ0n) is 16.7. The number of hydrogen-bond donors (Lipinski definition) is 1. The van der Waals surface area contributed by atoms with Crippen LogP contribution in [-0.4, -0.2) is 49.6 Å². The van der Waals surface area contributed by atoms with Gasteiger partial charge in [0.15, 0.2) is 6.61 Å². The van der Waals surface area contributed by atoms with E-state index >= 15 is 0 Å². The summed E-state index contributed by atoms with van der Waals surface area (Å²) in [5, 5.41) is 3.14. The van der Waals surface area contributed by atoms with Crippen LogP contribution in [0.4, 0.5) is 5.69 Å². The maximum Gasteiger partial charge on any atom is 0.338 e. The number of ether oxygens (including phenoxy) is 2. The molecule has 0 aromatic heterocycles. The van der Waals surface area contributed by atoms with Crippen molar-refractivity contribution in [2.75, 3.05) is 24.7 Å². The zero-order valence-corrected chi connectivity index (χ0v) is 18.2. The van der Waals surface area contributed by atoms with Gasteiger partial charge in [-0.15, -0.1) is 0 Å². The molecule has 1 saturated heterocycles. The lowest BCUT2D eigenvalue weighted by Crippen LogP contribution is -2.34. The number of fused-ring (bicyclic) bond motifs is 1. The predicted octanol–water partition coefficient (Wildman–Crippen LogP) is 3.25. The van der Waals surface area contributed by atoms with E-state index in [4.69, 9.17) is 32.7 Å². The summed E-state index contributed by atoms with van der Waals surface area (Å²) in [6.45, 7) is 0.568. The number of benzene rings is 2. The van der Waals surface area contributed by atoms with Crippen molar-refractivity contribution in [3.05, 3.63) is 63.1 Å². The molecule has 1 N–H and O–H groups in total. The lowest BCUT2D eigenvalue weighted by molar-refractivity contribution is -0.124. The average molecular weight is 477 g/mol. The molecule has 4 rings (SSSR count). The molecule has 0 aliphatic carbocycles. The first-order chi connectivity index (χ1) is 15.3. The van der Waals surface area contributed by atoms with Gasteiger partial charge in [0.05, 0.1) is 38.5 Å². The van der Waals surface area contributed by atoms with E-state index in [0.717, 1.165) is 17.7 Å². The highest BCUT2D eigenvalue weighted by molar-refractivity contribution is 6.42. The first-order valence-corrected chi connectivity index (χ1v) is 10.6. The van der Waals surface area contributed by atoms with Crippen LogP contribution in [-0.2, 0) is 14.3 Å². The summed E-state index contributed by atoms with van der Waals surface area (Å²) >= 11 is 11.9. The molecule has 1 unspecified atom stereocenters. The maximum absolute atomic E-state index is 12.9. The Balaban J connectivity index is 1.42. The van der Waals surface area contributed by atoms with E-state index in [1.807, 2.05) is 0 Å². The fourth-order valence-electron chi connectivity index (χ4n) is 3.52. The minimum absolute atomic E-state index is 0.0200. The second-order valence-corrected chi connectivity index (χ2v) is 8.13. The number of amides is 3. The molecule has 1 atom stereocenters. The van der Waals surface area contributed by atoms with E-state index in [1.54, 1.807) is 0 Å². The molecule has 10 heteroatoms. The van der Waals surface area contributed by atoms with Crippen LogP contribution in [0.3, 0.4) is 0 Å². The lowest BCUT2D eigenvalue weighted by atomic mass is 10.1. The third kappa shape index (κ3) is 4.48. The van der Waals surface area contributed by atoms with Crippen LogP contribution in [0.1, 0.15) is 43.9 Å². The Labute approximate surface area is 193 Å². The molecule has 0 radical (unpaired) electrons. The Kier molecular flexibility index (Phi) is 6.45. The van der Waals surface area contributed by atoms with Gasteiger partial charge in [-0.2, -0.15) is 0 Å². The number of anilines is 1. The summed E-state index contributed by atoms with van der Waals surface area (Å²) in [5.41, 5.74) is 0.510. The molecule has 2 heterocycles. The van der Waals surface area contributed by atoms with Gasteiger partial charge >= 0.3 is 5.97 Å². The molecular formula is C22H18Cl2N2O6. The zero-order chi connectivity index (χ0) is 22.8. The third-order valence-electron chi connectivity index (χ3n) is 5.17. The summed E-state index contributed by atoms with van der Waals surface area (Å²) in [4.78, 5) is 50.8. The van der Waals surface area contributed by atoms with Gasteiger partial charge in [-0.1, -0.05) is 23.2 Å². The van der Waals surface area contributed by atoms with Crippen molar-refractivity contribution in [3.63, 3.8) is 0 Å². The normalized spacial score (nSPS) is 17.4. The van der Waals surface area contributed by atoms with Gasteiger partial charge in [-0.3, -0.25) is 14.4 Å². The van der Waals surface area contributed by atoms with Crippen LogP contribution >= 0.6 is 23.2 Å². The fraction of sp³-hybridized carbons (Fsp3) is 0.273. The summed E-state index contributed by atoms with van der Waals surface area (Å²) in [6.07, 6.45) is 1.81. The van der Waals surface area contributed by atoms with Crippen LogP contribution in [0.2, 0.25) is 10.0 Å². The topological polar surface area (TPSA) is 102 Å². The Morgan fingerprint density at radius 3 is 2.56 bits per heavy atom. The first kappa shape index (κ1) is 22.3. The van der Waals surface area contributed by atoms with Crippen molar-refractivity contribution in [3.8, 4) is 0 Å². The molecule has 32 heavy (non-hydrogen) atoms. The highest BCUT2D eigenvalue weighted by Gasteiger charge is 2.37. The number of imide groups is 1. The number of halogens is 2. The molecule has 0 saturated carbocycles. The van der Waals surface area contributed by atoms with Gasteiger partial charge < -0.3 is 14.8 Å². The van der Waals surface area contributed by atoms with E-state index in [0.29, 0.717) is 13.2 Å². The largest absolute Gasteiger partial charge is 0.452 e. The van der Waals surface area contributed by atoms with Crippen LogP contribution in [0.25, 0.3) is 0 Å². The Hall–Kier alpha value is -2.94. The maximum atomic E-state index is 12.9. The number of hydrogen-bond acceptors (Lipinski definition) is 6. The van der Waals surface area contributed by atoms with Crippen molar-refractivity contribution in [2.45, 2.75) is 18.9 Å². The number of rotatable bonds is 6. The van der Waals surface area contributed by atoms with Crippen molar-refractivity contribution in [1.82, 2.24) is 5.32 Å². The van der Waals surface area contributed by atoms with Crippen LogP contribution in [0, 0.1) is 0 Å². The summed E-state index contributed by atoms with van der Waals surface area (Å²) < 4.78 is 10.4. The number of carbonyl (C=O) groups is 4. The number of nitrogens with one attached hydrogen (secondary N) is 1. The van der Waals surface area contributed by atoms with E-state index in [-0.39, 0.29) is 38.5 Å². The SMILES string of the molecule is O=C(COC(=O)c1ccc2c(c1)C(=O)N(c1ccc(Cl)c(Cl)c1)C2=O)NCC1CCCO1. The molecule has 2 aromatic rings. The second kappa shape index (κ2) is 9.28. The molecule has 1 fully saturated rings. The van der Waals surface area contributed by atoms with Crippen LogP contribution in [0.5, 0.6) is 0 Å². The van der Waals surface area contributed by atoms with E-state index < -0.39 is 30.3 Å². The average Bonchev–Trinajstić information content (AvgIpc) is 3.39. The molecule has 8 nitrogen and oxygen atoms in total. The third-order valence-corrected chi connectivity index (χ3v) is 5.91. The van der Waals surface area contributed by atoms with Crippen molar-refractivity contribution < 1.29 is 28.7 Å². The molecule has 0 spiro atoms. The number of esters is 1. The number of carbonyl (C=O) groups excluding carboxylic acids is 4. The minimum Gasteiger partial charge on any atom is -0.452 e. The summed E-state index contributed by atoms with van der Waals surface area (Å²) in [5.74, 6) is -2.38. The van der Waals surface area contributed by atoms with E-state index in [2.05, 4.69) is 5.32 Å². The Morgan fingerprint density at radius 2 is 1.84 bits per heavy atom. The van der Waals surface area contributed by atoms with Crippen molar-refractivity contribution in [2.24, 2.45) is 0 Å². The predicted molar refractivity (Wildman–Crippen MR) is 116 cm³/mol. The summed E-state index contributed by atoms with van der Waals surface area (Å²) in [6, 6.07) is 8.42. The number of nitrogens with zero attached hydrogens (tertiary/aromatic N) is 1. The van der Waals surface area contributed by atoms with E-state index in [9.17, 15) is 19.2 Å². The van der Waals surface area contributed by atoms with Gasteiger partial charge in [0.25, 0.3) is 17.7 Å². The van der Waals surface area contributed by atoms with Crippen LogP contribution in [0.15, 0.2) is 36.4 Å². The first-order valence-electron chi connectivity index (χ1n) is 9.88. The van der Waals surface area contributed by atoms with Gasteiger partial charge in [0.2, 0.25) is 0 Å². The lowest BCUT2D eigenvalue weighted by Gasteiger charge is -2.14. The van der Waals surface area contributed by atoms with Crippen molar-refractivity contribution in [1.29, 1.82) is 0 Å². The van der Waals surface area contributed by atoms with Gasteiger partial charge in [-0.05, 0) is 49.2 Å². The van der Waals surface area contributed by atoms with Gasteiger partial charge in [0, 0.05) is 13.2 Å². The molecule has 0 bridgehead atoms. The van der Waals surface area contributed by atoms with Crippen molar-refractivity contribution >= 4 is 52.6 Å². The smallest absolute Gasteiger partial charge is 0.338 e. The molecule has 2 aliphatic heterocycles. The van der Waals surface area contributed by atoms with Crippen LogP contribution < -0.4 is 10.2 Å². The Bertz CT molecular complexity index is 1110. The highest BCUT2D eigenvalue weighted by atomic mass is 35.5. The summed E-state index contributed by atoms with van der Waals surface area (Å²) in [7, 11) is 0. The van der Waals surface area contributed by atoms with Gasteiger partial charge in [-0.25, -0.2) is 9.69 Å². The standard InChI is InChI=1S/C22H18Cl2N2O6/c23-17-6-4-13(9-18(17)24)26-20(28)15-5-3-12(8-16(15)21(26)29)22(30)32-11-19(27)25-10-14-2-1-7-31-14/h3-6,8-9,14H,1-2,7,10-11H2,(H,25,27). The quantitative estimate of drug-likeness (QED) is 0.507. The highest BCUT2D eigenvalue weighted by Crippen LogP contribution is 2.33. The van der Waals surface area contributed by atoms with E-state index in [1.165, 1.54) is 36.4 Å².